The van der Waals surface area contributed by atoms with Crippen LogP contribution < -0.4 is 0 Å². The van der Waals surface area contributed by atoms with Crippen molar-refractivity contribution in [1.82, 2.24) is 15.0 Å². The number of hydrogen-bond acceptors (Lipinski definition) is 3. The van der Waals surface area contributed by atoms with Crippen LogP contribution in [-0.4, -0.2) is 15.0 Å². The molecule has 0 bridgehead atoms. The number of benzene rings is 7. The Kier molecular flexibility index (Phi) is 6.80. The van der Waals surface area contributed by atoms with Crippen molar-refractivity contribution in [3.8, 4) is 67.5 Å². The van der Waals surface area contributed by atoms with Crippen LogP contribution in [0.15, 0.2) is 164 Å². The molecule has 0 N–H and O–H groups in total. The number of fused-ring (bicyclic) bond motifs is 5. The van der Waals surface area contributed by atoms with E-state index in [-0.39, 0.29) is 5.41 Å². The Hall–Kier alpha value is -6.19. The zero-order chi connectivity index (χ0) is 33.0. The Morgan fingerprint density at radius 3 is 1.61 bits per heavy atom. The maximum atomic E-state index is 5.05. The van der Waals surface area contributed by atoms with Crippen LogP contribution in [0.1, 0.15) is 25.0 Å². The number of aromatic nitrogens is 3. The lowest BCUT2D eigenvalue weighted by Gasteiger charge is -2.22. The molecule has 0 fully saturated rings. The summed E-state index contributed by atoms with van der Waals surface area (Å²) in [5.41, 5.74) is 12.8. The Morgan fingerprint density at radius 1 is 0.367 bits per heavy atom. The van der Waals surface area contributed by atoms with Crippen LogP contribution in [0.3, 0.4) is 0 Å². The van der Waals surface area contributed by atoms with Crippen LogP contribution in [0, 0.1) is 0 Å². The average molecular weight is 628 g/mol. The first kappa shape index (κ1) is 29.0. The monoisotopic (exact) mass is 627 g/mol. The van der Waals surface area contributed by atoms with Crippen molar-refractivity contribution >= 4 is 10.8 Å². The average Bonchev–Trinajstić information content (AvgIpc) is 3.41. The summed E-state index contributed by atoms with van der Waals surface area (Å²) in [6.45, 7) is 4.69. The van der Waals surface area contributed by atoms with Crippen molar-refractivity contribution in [3.05, 3.63) is 175 Å². The molecule has 3 nitrogen and oxygen atoms in total. The lowest BCUT2D eigenvalue weighted by atomic mass is 9.81. The largest absolute Gasteiger partial charge is 0.208 e. The minimum Gasteiger partial charge on any atom is -0.208 e. The van der Waals surface area contributed by atoms with E-state index in [1.165, 1.54) is 44.2 Å². The van der Waals surface area contributed by atoms with Gasteiger partial charge in [0.15, 0.2) is 17.5 Å². The summed E-state index contributed by atoms with van der Waals surface area (Å²) < 4.78 is 0. The van der Waals surface area contributed by atoms with Gasteiger partial charge >= 0.3 is 0 Å². The second-order valence-electron chi connectivity index (χ2n) is 13.3. The summed E-state index contributed by atoms with van der Waals surface area (Å²) in [4.78, 5) is 15.0. The number of nitrogens with zero attached hydrogens (tertiary/aromatic N) is 3. The van der Waals surface area contributed by atoms with Crippen molar-refractivity contribution in [2.75, 3.05) is 0 Å². The summed E-state index contributed by atoms with van der Waals surface area (Å²) in [5.74, 6) is 1.96. The number of hydrogen-bond donors (Lipinski definition) is 0. The second-order valence-corrected chi connectivity index (χ2v) is 13.3. The normalized spacial score (nSPS) is 12.9. The predicted octanol–water partition coefficient (Wildman–Crippen LogP) is 11.7. The third kappa shape index (κ3) is 5.03. The van der Waals surface area contributed by atoms with E-state index in [1.54, 1.807) is 0 Å². The third-order valence-corrected chi connectivity index (χ3v) is 9.94. The highest BCUT2D eigenvalue weighted by Crippen LogP contribution is 2.52. The molecule has 0 saturated heterocycles. The van der Waals surface area contributed by atoms with Crippen molar-refractivity contribution < 1.29 is 0 Å². The first-order valence-electron chi connectivity index (χ1n) is 16.8. The minimum atomic E-state index is -0.105. The molecule has 3 heteroatoms. The van der Waals surface area contributed by atoms with Crippen LogP contribution in [0.25, 0.3) is 78.3 Å². The topological polar surface area (TPSA) is 38.7 Å². The van der Waals surface area contributed by atoms with Gasteiger partial charge in [0, 0.05) is 22.1 Å². The van der Waals surface area contributed by atoms with E-state index in [0.717, 1.165) is 27.8 Å². The lowest BCUT2D eigenvalue weighted by Crippen LogP contribution is -2.15. The molecule has 1 aliphatic rings. The van der Waals surface area contributed by atoms with Crippen LogP contribution in [0.5, 0.6) is 0 Å². The quantitative estimate of drug-likeness (QED) is 0.191. The molecule has 9 rings (SSSR count). The zero-order valence-electron chi connectivity index (χ0n) is 27.4. The lowest BCUT2D eigenvalue weighted by molar-refractivity contribution is 0.661. The molecule has 0 aliphatic heterocycles. The molecular formula is C46H33N3. The molecule has 0 unspecified atom stereocenters. The molecule has 0 amide bonds. The van der Waals surface area contributed by atoms with E-state index >= 15 is 0 Å². The van der Waals surface area contributed by atoms with Gasteiger partial charge in [-0.05, 0) is 67.4 Å². The van der Waals surface area contributed by atoms with Crippen LogP contribution in [0.2, 0.25) is 0 Å². The highest BCUT2D eigenvalue weighted by atomic mass is 15.0. The number of rotatable bonds is 5. The van der Waals surface area contributed by atoms with E-state index in [1.807, 2.05) is 36.4 Å². The summed E-state index contributed by atoms with van der Waals surface area (Å²) >= 11 is 0. The zero-order valence-corrected chi connectivity index (χ0v) is 27.4. The Balaban J connectivity index is 1.13. The predicted molar refractivity (Wildman–Crippen MR) is 202 cm³/mol. The van der Waals surface area contributed by atoms with Gasteiger partial charge < -0.3 is 0 Å². The Labute approximate surface area is 286 Å². The second kappa shape index (κ2) is 11.5. The third-order valence-electron chi connectivity index (χ3n) is 9.94. The van der Waals surface area contributed by atoms with Gasteiger partial charge in [0.2, 0.25) is 0 Å². The maximum absolute atomic E-state index is 5.05. The minimum absolute atomic E-state index is 0.105. The fourth-order valence-electron chi connectivity index (χ4n) is 7.32. The van der Waals surface area contributed by atoms with Gasteiger partial charge in [-0.3, -0.25) is 0 Å². The van der Waals surface area contributed by atoms with Crippen molar-refractivity contribution in [1.29, 1.82) is 0 Å². The van der Waals surface area contributed by atoms with E-state index in [9.17, 15) is 0 Å². The molecule has 8 aromatic rings. The molecule has 7 aromatic carbocycles. The first-order valence-corrected chi connectivity index (χ1v) is 16.8. The van der Waals surface area contributed by atoms with E-state index in [0.29, 0.717) is 17.5 Å². The summed E-state index contributed by atoms with van der Waals surface area (Å²) in [5, 5.41) is 2.59. The van der Waals surface area contributed by atoms with Gasteiger partial charge in [0.1, 0.15) is 0 Å². The standard InChI is InChI=1S/C46H33N3/c1-46(2)40-27-25-32-14-9-10-19-38(32)42(40)39-26-24-36(29-41(39)46)35-17-11-18-37(28-35)45-48-43(33-15-7-4-8-16-33)47-44(49-45)34-22-20-31(21-23-34)30-12-5-3-6-13-30/h3-29H,1-2H3. The summed E-state index contributed by atoms with van der Waals surface area (Å²) in [7, 11) is 0. The molecule has 232 valence electrons. The molecule has 1 aromatic heterocycles. The van der Waals surface area contributed by atoms with Gasteiger partial charge in [-0.15, -0.1) is 0 Å². The van der Waals surface area contributed by atoms with Crippen molar-refractivity contribution in [3.63, 3.8) is 0 Å². The van der Waals surface area contributed by atoms with Crippen LogP contribution in [-0.2, 0) is 5.41 Å². The van der Waals surface area contributed by atoms with Gasteiger partial charge in [-0.1, -0.05) is 166 Å². The maximum Gasteiger partial charge on any atom is 0.164 e. The van der Waals surface area contributed by atoms with Crippen LogP contribution in [0.4, 0.5) is 0 Å². The van der Waals surface area contributed by atoms with Gasteiger partial charge in [0.05, 0.1) is 0 Å². The molecule has 0 atom stereocenters. The smallest absolute Gasteiger partial charge is 0.164 e. The first-order chi connectivity index (χ1) is 24.0. The Morgan fingerprint density at radius 2 is 0.878 bits per heavy atom. The molecular weight excluding hydrogens is 595 g/mol. The molecule has 0 spiro atoms. The molecule has 1 heterocycles. The van der Waals surface area contributed by atoms with E-state index < -0.39 is 0 Å². The summed E-state index contributed by atoms with van der Waals surface area (Å²) in [6.07, 6.45) is 0. The van der Waals surface area contributed by atoms with Crippen LogP contribution >= 0.6 is 0 Å². The highest BCUT2D eigenvalue weighted by Gasteiger charge is 2.36. The SMILES string of the molecule is CC1(C)c2cc(-c3cccc(-c4nc(-c5ccccc5)nc(-c5ccc(-c6ccccc6)cc5)n4)c3)ccc2-c2c1ccc1ccccc21. The van der Waals surface area contributed by atoms with Gasteiger partial charge in [-0.2, -0.15) is 0 Å². The molecule has 0 radical (unpaired) electrons. The molecule has 0 saturated carbocycles. The van der Waals surface area contributed by atoms with Crippen molar-refractivity contribution in [2.24, 2.45) is 0 Å². The molecule has 1 aliphatic carbocycles. The fourth-order valence-corrected chi connectivity index (χ4v) is 7.32. The molecule has 49 heavy (non-hydrogen) atoms. The fraction of sp³-hybridized carbons (Fsp3) is 0.0652. The van der Waals surface area contributed by atoms with E-state index in [2.05, 4.69) is 141 Å². The van der Waals surface area contributed by atoms with Gasteiger partial charge in [-0.25, -0.2) is 15.0 Å². The Bertz CT molecular complexity index is 2500. The van der Waals surface area contributed by atoms with Crippen molar-refractivity contribution in [2.45, 2.75) is 19.3 Å². The van der Waals surface area contributed by atoms with E-state index in [4.69, 9.17) is 15.0 Å². The highest BCUT2D eigenvalue weighted by molar-refractivity contribution is 6.02. The van der Waals surface area contributed by atoms with Gasteiger partial charge in [0.25, 0.3) is 0 Å². The summed E-state index contributed by atoms with van der Waals surface area (Å²) in [6, 6.07) is 57.8.